The second-order valence-corrected chi connectivity index (χ2v) is 6.75. The molecule has 0 amide bonds. The lowest BCUT2D eigenvalue weighted by molar-refractivity contribution is 0.192. The molecule has 2 aromatic rings. The van der Waals surface area contributed by atoms with Crippen LogP contribution in [-0.4, -0.2) is 66.6 Å². The van der Waals surface area contributed by atoms with Gasteiger partial charge in [0.25, 0.3) is 0 Å². The van der Waals surface area contributed by atoms with Crippen LogP contribution in [-0.2, 0) is 0 Å². The van der Waals surface area contributed by atoms with Gasteiger partial charge in [-0.2, -0.15) is 0 Å². The van der Waals surface area contributed by atoms with Crippen molar-refractivity contribution in [2.45, 2.75) is 6.04 Å². The molecule has 0 radical (unpaired) electrons. The van der Waals surface area contributed by atoms with Crippen LogP contribution in [0, 0.1) is 0 Å². The minimum absolute atomic E-state index is 0.0762. The molecule has 0 spiro atoms. The zero-order chi connectivity index (χ0) is 20.8. The zero-order valence-electron chi connectivity index (χ0n) is 17.8. The van der Waals surface area contributed by atoms with Crippen LogP contribution in [0.2, 0.25) is 0 Å². The van der Waals surface area contributed by atoms with E-state index in [1.54, 1.807) is 35.5 Å². The van der Waals surface area contributed by atoms with Crippen LogP contribution in [0.25, 0.3) is 0 Å². The van der Waals surface area contributed by atoms with E-state index >= 15 is 0 Å². The quantitative estimate of drug-likeness (QED) is 0.728. The average Bonchev–Trinajstić information content (AvgIpc) is 2.79. The van der Waals surface area contributed by atoms with Crippen molar-refractivity contribution in [2.24, 2.45) is 0 Å². The van der Waals surface area contributed by atoms with E-state index in [0.29, 0.717) is 11.5 Å². The van der Waals surface area contributed by atoms with E-state index in [-0.39, 0.29) is 6.04 Å². The van der Waals surface area contributed by atoms with Gasteiger partial charge in [-0.1, -0.05) is 0 Å². The standard InChI is InChI=1S/C22H30N2O5/c1-25-15-6-7-16(18(12-15)26-2)22(24-10-8-23-9-11-24)17-13-20(28-4)21(29-5)14-19(17)27-3/h6-7,12-14,22-23H,8-11H2,1-5H3. The van der Waals surface area contributed by atoms with E-state index in [4.69, 9.17) is 23.7 Å². The first-order valence-corrected chi connectivity index (χ1v) is 9.63. The molecule has 7 heteroatoms. The fourth-order valence-electron chi connectivity index (χ4n) is 3.81. The van der Waals surface area contributed by atoms with Crippen molar-refractivity contribution in [3.8, 4) is 28.7 Å². The number of benzene rings is 2. The first kappa shape index (κ1) is 21.1. The van der Waals surface area contributed by atoms with Crippen LogP contribution in [0.15, 0.2) is 30.3 Å². The van der Waals surface area contributed by atoms with Crippen molar-refractivity contribution in [3.63, 3.8) is 0 Å². The zero-order valence-corrected chi connectivity index (χ0v) is 17.8. The van der Waals surface area contributed by atoms with Gasteiger partial charge in [0.05, 0.1) is 41.6 Å². The van der Waals surface area contributed by atoms with Gasteiger partial charge in [0.2, 0.25) is 0 Å². The molecule has 1 atom stereocenters. The molecule has 0 aromatic heterocycles. The van der Waals surface area contributed by atoms with Crippen molar-refractivity contribution < 1.29 is 23.7 Å². The predicted molar refractivity (Wildman–Crippen MR) is 112 cm³/mol. The smallest absolute Gasteiger partial charge is 0.164 e. The number of piperazine rings is 1. The second-order valence-electron chi connectivity index (χ2n) is 6.75. The van der Waals surface area contributed by atoms with E-state index < -0.39 is 0 Å². The molecular weight excluding hydrogens is 372 g/mol. The predicted octanol–water partition coefficient (Wildman–Crippen LogP) is 2.72. The van der Waals surface area contributed by atoms with Gasteiger partial charge in [0.15, 0.2) is 11.5 Å². The van der Waals surface area contributed by atoms with E-state index in [1.165, 1.54) is 0 Å². The molecule has 1 aliphatic heterocycles. The fraction of sp³-hybridized carbons (Fsp3) is 0.455. The Balaban J connectivity index is 2.19. The highest BCUT2D eigenvalue weighted by Gasteiger charge is 2.30. The Labute approximate surface area is 172 Å². The van der Waals surface area contributed by atoms with Crippen LogP contribution in [0.3, 0.4) is 0 Å². The third-order valence-electron chi connectivity index (χ3n) is 5.28. The Bertz CT molecular complexity index is 821. The molecule has 0 aliphatic carbocycles. The van der Waals surface area contributed by atoms with E-state index in [1.807, 2.05) is 24.3 Å². The summed E-state index contributed by atoms with van der Waals surface area (Å²) in [5.74, 6) is 3.56. The molecule has 1 unspecified atom stereocenters. The minimum atomic E-state index is -0.0762. The summed E-state index contributed by atoms with van der Waals surface area (Å²) in [7, 11) is 8.27. The number of hydrogen-bond acceptors (Lipinski definition) is 7. The van der Waals surface area contributed by atoms with Gasteiger partial charge in [0.1, 0.15) is 17.2 Å². The Morgan fingerprint density at radius 1 is 0.690 bits per heavy atom. The molecule has 0 bridgehead atoms. The fourth-order valence-corrected chi connectivity index (χ4v) is 3.81. The van der Waals surface area contributed by atoms with Gasteiger partial charge in [-0.05, 0) is 18.2 Å². The van der Waals surface area contributed by atoms with Crippen LogP contribution in [0.5, 0.6) is 28.7 Å². The van der Waals surface area contributed by atoms with E-state index in [9.17, 15) is 0 Å². The van der Waals surface area contributed by atoms with Gasteiger partial charge in [-0.25, -0.2) is 0 Å². The third kappa shape index (κ3) is 4.36. The summed E-state index contributed by atoms with van der Waals surface area (Å²) < 4.78 is 27.9. The summed E-state index contributed by atoms with van der Waals surface area (Å²) in [6.45, 7) is 3.64. The van der Waals surface area contributed by atoms with Crippen LogP contribution >= 0.6 is 0 Å². The molecule has 1 aliphatic rings. The van der Waals surface area contributed by atoms with E-state index in [2.05, 4.69) is 16.3 Å². The number of nitrogens with zero attached hydrogens (tertiary/aromatic N) is 1. The highest BCUT2D eigenvalue weighted by Crippen LogP contribution is 2.44. The number of rotatable bonds is 8. The molecule has 2 aromatic carbocycles. The van der Waals surface area contributed by atoms with Crippen molar-refractivity contribution in [2.75, 3.05) is 61.7 Å². The number of ether oxygens (including phenoxy) is 5. The summed E-state index contributed by atoms with van der Waals surface area (Å²) in [6.07, 6.45) is 0. The maximum atomic E-state index is 5.76. The summed E-state index contributed by atoms with van der Waals surface area (Å²) in [4.78, 5) is 2.42. The lowest BCUT2D eigenvalue weighted by atomic mass is 9.94. The largest absolute Gasteiger partial charge is 0.497 e. The van der Waals surface area contributed by atoms with Gasteiger partial charge in [-0.3, -0.25) is 4.90 Å². The molecule has 29 heavy (non-hydrogen) atoms. The van der Waals surface area contributed by atoms with Crippen molar-refractivity contribution in [3.05, 3.63) is 41.5 Å². The van der Waals surface area contributed by atoms with Gasteiger partial charge >= 0.3 is 0 Å². The number of methoxy groups -OCH3 is 5. The van der Waals surface area contributed by atoms with Gasteiger partial charge in [0, 0.05) is 49.4 Å². The Hall–Kier alpha value is -2.64. The normalized spacial score (nSPS) is 15.5. The summed E-state index contributed by atoms with van der Waals surface area (Å²) in [5.41, 5.74) is 2.04. The Morgan fingerprint density at radius 3 is 1.86 bits per heavy atom. The van der Waals surface area contributed by atoms with E-state index in [0.717, 1.165) is 54.6 Å². The molecule has 3 rings (SSSR count). The lowest BCUT2D eigenvalue weighted by Gasteiger charge is -2.37. The summed E-state index contributed by atoms with van der Waals surface area (Å²) in [5, 5.41) is 3.42. The molecule has 1 saturated heterocycles. The van der Waals surface area contributed by atoms with Crippen LogP contribution in [0.4, 0.5) is 0 Å². The number of hydrogen-bond donors (Lipinski definition) is 1. The molecule has 0 saturated carbocycles. The van der Waals surface area contributed by atoms with Gasteiger partial charge < -0.3 is 29.0 Å². The summed E-state index contributed by atoms with van der Waals surface area (Å²) in [6, 6.07) is 9.72. The highest BCUT2D eigenvalue weighted by atomic mass is 16.5. The van der Waals surface area contributed by atoms with Crippen molar-refractivity contribution in [1.82, 2.24) is 10.2 Å². The van der Waals surface area contributed by atoms with Crippen LogP contribution in [0.1, 0.15) is 17.2 Å². The first-order chi connectivity index (χ1) is 14.2. The Kier molecular flexibility index (Phi) is 7.06. The molecule has 1 heterocycles. The minimum Gasteiger partial charge on any atom is -0.497 e. The Morgan fingerprint density at radius 2 is 1.28 bits per heavy atom. The van der Waals surface area contributed by atoms with Crippen LogP contribution < -0.4 is 29.0 Å². The van der Waals surface area contributed by atoms with Crippen molar-refractivity contribution in [1.29, 1.82) is 0 Å². The summed E-state index contributed by atoms with van der Waals surface area (Å²) >= 11 is 0. The third-order valence-corrected chi connectivity index (χ3v) is 5.28. The van der Waals surface area contributed by atoms with Gasteiger partial charge in [-0.15, -0.1) is 0 Å². The average molecular weight is 402 g/mol. The number of nitrogens with one attached hydrogen (secondary N) is 1. The monoisotopic (exact) mass is 402 g/mol. The molecule has 7 nitrogen and oxygen atoms in total. The molecule has 1 fully saturated rings. The SMILES string of the molecule is COc1ccc(C(c2cc(OC)c(OC)cc2OC)N2CCNCC2)c(OC)c1. The second kappa shape index (κ2) is 9.71. The van der Waals surface area contributed by atoms with Crippen molar-refractivity contribution >= 4 is 0 Å². The molecule has 1 N–H and O–H groups in total. The maximum Gasteiger partial charge on any atom is 0.164 e. The topological polar surface area (TPSA) is 61.4 Å². The molecule has 158 valence electrons. The maximum absolute atomic E-state index is 5.76. The highest BCUT2D eigenvalue weighted by molar-refractivity contribution is 5.56. The first-order valence-electron chi connectivity index (χ1n) is 9.63. The lowest BCUT2D eigenvalue weighted by Crippen LogP contribution is -2.45. The molecular formula is C22H30N2O5.